The number of hydrogen-bond donors (Lipinski definition) is 1. The van der Waals surface area contributed by atoms with Crippen LogP contribution in [0.15, 0.2) is 23.8 Å². The molecule has 2 saturated heterocycles. The summed E-state index contributed by atoms with van der Waals surface area (Å²) in [5.41, 5.74) is 1.46. The van der Waals surface area contributed by atoms with Gasteiger partial charge in [0.15, 0.2) is 0 Å². The number of nitrogens with one attached hydrogen (secondary N) is 1. The summed E-state index contributed by atoms with van der Waals surface area (Å²) in [5.74, 6) is 0.608. The molecule has 4 rings (SSSR count). The normalized spacial score (nSPS) is 35.1. The molecule has 0 spiro atoms. The quantitative estimate of drug-likeness (QED) is 0.814. The highest BCUT2D eigenvalue weighted by atomic mass is 16.6. The van der Waals surface area contributed by atoms with Crippen molar-refractivity contribution in [2.75, 3.05) is 26.2 Å². The number of allylic oxidation sites excluding steroid dienone is 1. The van der Waals surface area contributed by atoms with Gasteiger partial charge < -0.3 is 15.0 Å². The van der Waals surface area contributed by atoms with E-state index < -0.39 is 0 Å². The van der Waals surface area contributed by atoms with E-state index in [9.17, 15) is 14.4 Å². The van der Waals surface area contributed by atoms with Gasteiger partial charge in [-0.25, -0.2) is 4.79 Å². The Morgan fingerprint density at radius 3 is 2.77 bits per heavy atom. The molecule has 4 atom stereocenters. The number of cyclic esters (lactones) is 1. The fourth-order valence-corrected chi connectivity index (χ4v) is 4.56. The van der Waals surface area contributed by atoms with Gasteiger partial charge in [0.2, 0.25) is 11.8 Å². The Morgan fingerprint density at radius 2 is 2.15 bits per heavy atom. The molecule has 140 valence electrons. The summed E-state index contributed by atoms with van der Waals surface area (Å²) in [6.45, 7) is 5.61. The highest BCUT2D eigenvalue weighted by molar-refractivity contribution is 5.75. The second-order valence-electron chi connectivity index (χ2n) is 7.87. The van der Waals surface area contributed by atoms with Crippen LogP contribution >= 0.6 is 0 Å². The number of carbonyl (C=O) groups excluding carboxylic acids is 3. The van der Waals surface area contributed by atoms with Crippen molar-refractivity contribution in [3.63, 3.8) is 0 Å². The van der Waals surface area contributed by atoms with E-state index in [-0.39, 0.29) is 35.5 Å². The van der Waals surface area contributed by atoms with Crippen LogP contribution in [0.1, 0.15) is 26.7 Å². The van der Waals surface area contributed by atoms with Crippen LogP contribution in [0.2, 0.25) is 0 Å². The van der Waals surface area contributed by atoms with Gasteiger partial charge in [-0.05, 0) is 24.3 Å². The number of amides is 3. The molecule has 3 fully saturated rings. The Kier molecular flexibility index (Phi) is 4.04. The minimum atomic E-state index is -0.321. The first kappa shape index (κ1) is 17.1. The van der Waals surface area contributed by atoms with Gasteiger partial charge in [-0.15, -0.1) is 0 Å². The molecular formula is C19H25N3O4. The number of hydrogen-bond acceptors (Lipinski definition) is 4. The van der Waals surface area contributed by atoms with Gasteiger partial charge in [-0.2, -0.15) is 0 Å². The first-order chi connectivity index (χ1) is 12.4. The molecule has 3 amide bonds. The van der Waals surface area contributed by atoms with Crippen LogP contribution in [-0.4, -0.2) is 66.0 Å². The monoisotopic (exact) mass is 359 g/mol. The summed E-state index contributed by atoms with van der Waals surface area (Å²) in [6, 6.07) is -0.00695. The third-order valence-corrected chi connectivity index (χ3v) is 6.12. The van der Waals surface area contributed by atoms with E-state index >= 15 is 0 Å². The van der Waals surface area contributed by atoms with Crippen LogP contribution in [0, 0.1) is 11.3 Å². The lowest BCUT2D eigenvalue weighted by atomic mass is 9.88. The van der Waals surface area contributed by atoms with Crippen LogP contribution in [0.5, 0.6) is 0 Å². The Hall–Kier alpha value is -2.31. The molecule has 0 aromatic carbocycles. The van der Waals surface area contributed by atoms with Gasteiger partial charge in [-0.1, -0.05) is 18.2 Å². The maximum absolute atomic E-state index is 12.1. The predicted molar refractivity (Wildman–Crippen MR) is 94.1 cm³/mol. The molecule has 3 unspecified atom stereocenters. The smallest absolute Gasteiger partial charge is 0.410 e. The Bertz CT molecular complexity index is 716. The van der Waals surface area contributed by atoms with Crippen molar-refractivity contribution in [3.05, 3.63) is 23.8 Å². The van der Waals surface area contributed by atoms with Crippen molar-refractivity contribution in [1.82, 2.24) is 15.1 Å². The average Bonchev–Trinajstić information content (AvgIpc) is 2.98. The summed E-state index contributed by atoms with van der Waals surface area (Å²) >= 11 is 0. The van der Waals surface area contributed by atoms with Gasteiger partial charge in [-0.3, -0.25) is 14.5 Å². The minimum absolute atomic E-state index is 0.00695. The molecule has 0 aromatic heterocycles. The number of nitrogens with zero attached hydrogens (tertiary/aromatic N) is 2. The highest BCUT2D eigenvalue weighted by Gasteiger charge is 2.61. The van der Waals surface area contributed by atoms with Crippen LogP contribution in [0.25, 0.3) is 0 Å². The second kappa shape index (κ2) is 6.14. The van der Waals surface area contributed by atoms with E-state index in [0.29, 0.717) is 19.0 Å². The molecular weight excluding hydrogens is 334 g/mol. The fourth-order valence-electron chi connectivity index (χ4n) is 4.56. The van der Waals surface area contributed by atoms with Crippen LogP contribution in [-0.2, 0) is 14.3 Å². The molecule has 7 heteroatoms. The lowest BCUT2D eigenvalue weighted by Gasteiger charge is -2.27. The number of piperidine rings is 1. The summed E-state index contributed by atoms with van der Waals surface area (Å²) in [6.07, 6.45) is 7.74. The lowest BCUT2D eigenvalue weighted by molar-refractivity contribution is -0.128. The van der Waals surface area contributed by atoms with Crippen molar-refractivity contribution >= 4 is 17.9 Å². The molecule has 1 N–H and O–H groups in total. The molecule has 4 aliphatic rings. The van der Waals surface area contributed by atoms with Gasteiger partial charge in [0.25, 0.3) is 0 Å². The van der Waals surface area contributed by atoms with Crippen molar-refractivity contribution < 1.29 is 19.1 Å². The van der Waals surface area contributed by atoms with E-state index in [4.69, 9.17) is 4.74 Å². The first-order valence-electron chi connectivity index (χ1n) is 9.25. The van der Waals surface area contributed by atoms with E-state index in [1.165, 1.54) is 12.5 Å². The zero-order valence-electron chi connectivity index (χ0n) is 15.2. The second-order valence-corrected chi connectivity index (χ2v) is 7.87. The third-order valence-electron chi connectivity index (χ3n) is 6.12. The summed E-state index contributed by atoms with van der Waals surface area (Å²) in [4.78, 5) is 38.5. The maximum Gasteiger partial charge on any atom is 0.410 e. The van der Waals surface area contributed by atoms with E-state index in [2.05, 4.69) is 23.5 Å². The van der Waals surface area contributed by atoms with E-state index in [1.807, 2.05) is 4.90 Å². The van der Waals surface area contributed by atoms with E-state index in [0.717, 1.165) is 25.9 Å². The summed E-state index contributed by atoms with van der Waals surface area (Å²) < 4.78 is 5.35. The first-order valence-corrected chi connectivity index (χ1v) is 9.25. The van der Waals surface area contributed by atoms with Crippen molar-refractivity contribution in [1.29, 1.82) is 0 Å². The third kappa shape index (κ3) is 2.89. The average molecular weight is 359 g/mol. The largest absolute Gasteiger partial charge is 0.442 e. The van der Waals surface area contributed by atoms with Crippen LogP contribution in [0.4, 0.5) is 4.79 Å². The van der Waals surface area contributed by atoms with Crippen molar-refractivity contribution in [2.24, 2.45) is 11.3 Å². The van der Waals surface area contributed by atoms with Gasteiger partial charge >= 0.3 is 6.09 Å². The highest BCUT2D eigenvalue weighted by Crippen LogP contribution is 2.63. The minimum Gasteiger partial charge on any atom is -0.442 e. The van der Waals surface area contributed by atoms with E-state index in [1.54, 1.807) is 11.8 Å². The number of carbonyl (C=O) groups is 3. The molecule has 0 aromatic rings. The number of likely N-dealkylation sites (tertiary alicyclic amines) is 1. The summed E-state index contributed by atoms with van der Waals surface area (Å²) in [7, 11) is 0. The van der Waals surface area contributed by atoms with Crippen molar-refractivity contribution in [2.45, 2.75) is 38.8 Å². The zero-order valence-corrected chi connectivity index (χ0v) is 15.2. The molecule has 0 radical (unpaired) electrons. The predicted octanol–water partition coefficient (Wildman–Crippen LogP) is 1.07. The Balaban J connectivity index is 1.36. The molecule has 0 bridgehead atoms. The molecule has 1 saturated carbocycles. The molecule has 2 heterocycles. The van der Waals surface area contributed by atoms with Gasteiger partial charge in [0, 0.05) is 32.4 Å². The fraction of sp³-hybridized carbons (Fsp3) is 0.632. The Morgan fingerprint density at radius 1 is 1.35 bits per heavy atom. The number of rotatable bonds is 4. The lowest BCUT2D eigenvalue weighted by Crippen LogP contribution is -2.38. The molecule has 26 heavy (non-hydrogen) atoms. The zero-order chi connectivity index (χ0) is 18.5. The SMILES string of the molecule is CC(=O)NC[C@H]1CN(C2C=CC(C34CC3CN(C(C)=O)C4)=CC2)C(=O)O1. The standard InChI is InChI=1S/C19H25N3O4/c1-12(23)20-8-17-10-22(18(25)26-17)16-5-3-14(4-6-16)19-7-15(19)9-21(11-19)13(2)24/h3-5,15-17H,6-11H2,1-2H3,(H,20,23)/t15?,16?,17-,19?/m0/s1. The van der Waals surface area contributed by atoms with Crippen molar-refractivity contribution in [3.8, 4) is 0 Å². The van der Waals surface area contributed by atoms with Gasteiger partial charge in [0.1, 0.15) is 6.10 Å². The van der Waals surface area contributed by atoms with Crippen LogP contribution in [0.3, 0.4) is 0 Å². The molecule has 7 nitrogen and oxygen atoms in total. The maximum atomic E-state index is 12.1. The Labute approximate surface area is 153 Å². The molecule has 2 aliphatic heterocycles. The number of fused-ring (bicyclic) bond motifs is 1. The summed E-state index contributed by atoms with van der Waals surface area (Å²) in [5, 5.41) is 2.69. The van der Waals surface area contributed by atoms with Gasteiger partial charge in [0.05, 0.1) is 19.1 Å². The number of ether oxygens (including phenoxy) is 1. The van der Waals surface area contributed by atoms with Crippen LogP contribution < -0.4 is 5.32 Å². The topological polar surface area (TPSA) is 79.0 Å². The molecule has 2 aliphatic carbocycles.